The van der Waals surface area contributed by atoms with E-state index in [1.165, 1.54) is 54.4 Å². The molecule has 3 aliphatic carbocycles. The first-order valence-corrected chi connectivity index (χ1v) is 11.1. The lowest BCUT2D eigenvalue weighted by Gasteiger charge is -2.46. The average molecular weight is 364 g/mol. The molecular formula is C26H37N. The summed E-state index contributed by atoms with van der Waals surface area (Å²) < 4.78 is 0. The van der Waals surface area contributed by atoms with Gasteiger partial charge in [-0.05, 0) is 75.0 Å². The third kappa shape index (κ3) is 3.39. The second kappa shape index (κ2) is 7.15. The zero-order chi connectivity index (χ0) is 19.2. The molecule has 0 bridgehead atoms. The van der Waals surface area contributed by atoms with Crippen molar-refractivity contribution in [1.29, 1.82) is 0 Å². The van der Waals surface area contributed by atoms with Gasteiger partial charge in [0.05, 0.1) is 5.54 Å². The van der Waals surface area contributed by atoms with Crippen LogP contribution in [0.1, 0.15) is 73.1 Å². The van der Waals surface area contributed by atoms with Gasteiger partial charge in [0.1, 0.15) is 0 Å². The minimum Gasteiger partial charge on any atom is -0.381 e. The molecule has 0 amide bonds. The fourth-order valence-electron chi connectivity index (χ4n) is 6.08. The normalized spacial score (nSPS) is 35.2. The van der Waals surface area contributed by atoms with E-state index >= 15 is 0 Å². The summed E-state index contributed by atoms with van der Waals surface area (Å²) in [4.78, 5) is 0. The monoisotopic (exact) mass is 363 g/mol. The van der Waals surface area contributed by atoms with Crippen LogP contribution < -0.4 is 5.32 Å². The summed E-state index contributed by atoms with van der Waals surface area (Å²) in [5.41, 5.74) is 7.39. The lowest BCUT2D eigenvalue weighted by Crippen LogP contribution is -2.51. The van der Waals surface area contributed by atoms with Crippen LogP contribution in [0.15, 0.2) is 58.4 Å². The van der Waals surface area contributed by atoms with Crippen LogP contribution in [-0.2, 0) is 0 Å². The molecule has 4 aliphatic rings. The number of hydrogen-bond donors (Lipinski definition) is 1. The maximum atomic E-state index is 3.81. The highest BCUT2D eigenvalue weighted by atomic mass is 15.0. The fraction of sp³-hybridized carbons (Fsp3) is 0.615. The molecule has 0 radical (unpaired) electrons. The molecule has 1 N–H and O–H groups in total. The highest BCUT2D eigenvalue weighted by Crippen LogP contribution is 2.47. The van der Waals surface area contributed by atoms with Crippen LogP contribution in [-0.4, -0.2) is 5.54 Å². The molecule has 1 saturated carbocycles. The second-order valence-corrected chi connectivity index (χ2v) is 9.89. The molecule has 1 nitrogen and oxygen atoms in total. The molecule has 3 unspecified atom stereocenters. The second-order valence-electron chi connectivity index (χ2n) is 9.89. The molecule has 0 aromatic rings. The Morgan fingerprint density at radius 2 is 1.85 bits per heavy atom. The number of nitrogens with one attached hydrogen (secondary N) is 1. The summed E-state index contributed by atoms with van der Waals surface area (Å²) in [7, 11) is 0. The highest BCUT2D eigenvalue weighted by molar-refractivity contribution is 5.57. The number of allylic oxidation sites excluding steroid dienone is 6. The van der Waals surface area contributed by atoms with Gasteiger partial charge in [-0.1, -0.05) is 68.1 Å². The van der Waals surface area contributed by atoms with Gasteiger partial charge >= 0.3 is 0 Å². The summed E-state index contributed by atoms with van der Waals surface area (Å²) in [5, 5.41) is 3.81. The maximum absolute atomic E-state index is 3.81. The van der Waals surface area contributed by atoms with E-state index in [9.17, 15) is 0 Å². The minimum absolute atomic E-state index is 0.00366. The average Bonchev–Trinajstić information content (AvgIpc) is 3.18. The van der Waals surface area contributed by atoms with Crippen molar-refractivity contribution in [2.75, 3.05) is 0 Å². The van der Waals surface area contributed by atoms with Crippen molar-refractivity contribution in [3.05, 3.63) is 58.4 Å². The lowest BCUT2D eigenvalue weighted by molar-refractivity contribution is 0.282. The number of rotatable bonds is 3. The van der Waals surface area contributed by atoms with E-state index in [1.807, 2.05) is 0 Å². The van der Waals surface area contributed by atoms with Crippen LogP contribution in [0, 0.1) is 23.7 Å². The zero-order valence-electron chi connectivity index (χ0n) is 17.9. The molecule has 146 valence electrons. The number of fused-ring (bicyclic) bond motifs is 1. The molecule has 0 aromatic carbocycles. The van der Waals surface area contributed by atoms with Gasteiger partial charge in [0.2, 0.25) is 0 Å². The quantitative estimate of drug-likeness (QED) is 0.577. The minimum atomic E-state index is 0.00366. The Morgan fingerprint density at radius 1 is 1.11 bits per heavy atom. The van der Waals surface area contributed by atoms with E-state index in [4.69, 9.17) is 0 Å². The molecule has 1 aliphatic heterocycles. The van der Waals surface area contributed by atoms with E-state index in [-0.39, 0.29) is 5.54 Å². The van der Waals surface area contributed by atoms with Crippen LogP contribution in [0.3, 0.4) is 0 Å². The van der Waals surface area contributed by atoms with E-state index in [1.54, 1.807) is 5.57 Å². The third-order valence-corrected chi connectivity index (χ3v) is 7.88. The zero-order valence-corrected chi connectivity index (χ0v) is 17.9. The Bertz CT molecular complexity index is 753. The molecule has 27 heavy (non-hydrogen) atoms. The lowest BCUT2D eigenvalue weighted by atomic mass is 9.65. The molecule has 0 saturated heterocycles. The van der Waals surface area contributed by atoms with E-state index < -0.39 is 0 Å². The van der Waals surface area contributed by atoms with E-state index in [0.29, 0.717) is 11.8 Å². The van der Waals surface area contributed by atoms with E-state index in [0.717, 1.165) is 18.3 Å². The Balaban J connectivity index is 1.63. The first-order valence-electron chi connectivity index (χ1n) is 11.1. The fourth-order valence-corrected chi connectivity index (χ4v) is 6.08. The molecule has 0 aromatic heterocycles. The predicted molar refractivity (Wildman–Crippen MR) is 116 cm³/mol. The first-order chi connectivity index (χ1) is 12.9. The molecular weight excluding hydrogens is 326 g/mol. The molecule has 1 fully saturated rings. The Kier molecular flexibility index (Phi) is 4.99. The van der Waals surface area contributed by atoms with Gasteiger partial charge in [0.25, 0.3) is 0 Å². The largest absolute Gasteiger partial charge is 0.381 e. The Morgan fingerprint density at radius 3 is 2.56 bits per heavy atom. The van der Waals surface area contributed by atoms with E-state index in [2.05, 4.69) is 70.4 Å². The van der Waals surface area contributed by atoms with Crippen molar-refractivity contribution >= 4 is 0 Å². The summed E-state index contributed by atoms with van der Waals surface area (Å²) >= 11 is 0. The summed E-state index contributed by atoms with van der Waals surface area (Å²) in [6, 6.07) is 0. The van der Waals surface area contributed by atoms with Crippen molar-refractivity contribution in [3.63, 3.8) is 0 Å². The van der Waals surface area contributed by atoms with Gasteiger partial charge in [-0.15, -0.1) is 0 Å². The standard InChI is InChI=1S/C26H37N/c1-17-12-18(2)14-23(13-17)26(5)25-11-10-22(15-24(25)19(3)16-27-26)20(4)21-8-6-7-9-21/h11-13,15-16,20-23,27H,6-10,14H2,1-5H3/t20?,22?,23?,26-/m0/s1. The van der Waals surface area contributed by atoms with Crippen LogP contribution in [0.4, 0.5) is 0 Å². The smallest absolute Gasteiger partial charge is 0.0660 e. The molecule has 1 heteroatoms. The SMILES string of the molecule is CC1=CC([C@]2(C)NC=C(C)C3=CC(C(C)C4CCCC4)CC=C32)CC(C)=C1. The summed E-state index contributed by atoms with van der Waals surface area (Å²) in [6.45, 7) is 11.7. The predicted octanol–water partition coefficient (Wildman–Crippen LogP) is 6.86. The van der Waals surface area contributed by atoms with Gasteiger partial charge in [0, 0.05) is 12.1 Å². The molecule has 4 atom stereocenters. The molecule has 0 spiro atoms. The van der Waals surface area contributed by atoms with Crippen molar-refractivity contribution in [2.45, 2.75) is 78.7 Å². The summed E-state index contributed by atoms with van der Waals surface area (Å²) in [6.07, 6.45) is 20.5. The van der Waals surface area contributed by atoms with Crippen molar-refractivity contribution in [2.24, 2.45) is 23.7 Å². The van der Waals surface area contributed by atoms with Gasteiger partial charge in [-0.2, -0.15) is 0 Å². The van der Waals surface area contributed by atoms with Gasteiger partial charge in [-0.25, -0.2) is 0 Å². The number of hydrogen-bond acceptors (Lipinski definition) is 1. The Labute approximate surface area is 166 Å². The highest BCUT2D eigenvalue weighted by Gasteiger charge is 2.42. The van der Waals surface area contributed by atoms with Crippen LogP contribution in [0.5, 0.6) is 0 Å². The molecule has 1 heterocycles. The van der Waals surface area contributed by atoms with Gasteiger partial charge < -0.3 is 5.32 Å². The van der Waals surface area contributed by atoms with Crippen molar-refractivity contribution in [3.8, 4) is 0 Å². The third-order valence-electron chi connectivity index (χ3n) is 7.88. The van der Waals surface area contributed by atoms with Gasteiger partial charge in [-0.3, -0.25) is 0 Å². The molecule has 4 rings (SSSR count). The van der Waals surface area contributed by atoms with Crippen molar-refractivity contribution < 1.29 is 0 Å². The van der Waals surface area contributed by atoms with Crippen LogP contribution in [0.25, 0.3) is 0 Å². The summed E-state index contributed by atoms with van der Waals surface area (Å²) in [5.74, 6) is 2.98. The maximum Gasteiger partial charge on any atom is 0.0660 e. The van der Waals surface area contributed by atoms with Gasteiger partial charge in [0.15, 0.2) is 0 Å². The first kappa shape index (κ1) is 18.8. The van der Waals surface area contributed by atoms with Crippen molar-refractivity contribution in [1.82, 2.24) is 5.32 Å². The van der Waals surface area contributed by atoms with Crippen LogP contribution >= 0.6 is 0 Å². The Hall–Kier alpha value is -1.50. The topological polar surface area (TPSA) is 12.0 Å². The van der Waals surface area contributed by atoms with Crippen LogP contribution in [0.2, 0.25) is 0 Å².